The van der Waals surface area contributed by atoms with Crippen LogP contribution in [-0.2, 0) is 6.42 Å². The molecule has 0 fully saturated rings. The molecule has 0 saturated heterocycles. The lowest BCUT2D eigenvalue weighted by atomic mass is 10.1. The number of benzene rings is 1. The summed E-state index contributed by atoms with van der Waals surface area (Å²) in [5.74, 6) is -0.674. The number of fused-ring (bicyclic) bond motifs is 1. The van der Waals surface area contributed by atoms with Crippen molar-refractivity contribution in [3.05, 3.63) is 34.2 Å². The van der Waals surface area contributed by atoms with Crippen molar-refractivity contribution < 1.29 is 22.0 Å². The van der Waals surface area contributed by atoms with Crippen molar-refractivity contribution in [3.8, 4) is 0 Å². The Kier molecular flexibility index (Phi) is 2.69. The van der Waals surface area contributed by atoms with E-state index >= 15 is 0 Å². The van der Waals surface area contributed by atoms with Crippen LogP contribution in [0.4, 0.5) is 17.6 Å². The highest BCUT2D eigenvalue weighted by Gasteiger charge is 2.30. The summed E-state index contributed by atoms with van der Waals surface area (Å²) >= 11 is 3.07. The molecule has 2 rings (SSSR count). The summed E-state index contributed by atoms with van der Waals surface area (Å²) in [5, 5.41) is 0.136. The van der Waals surface area contributed by atoms with E-state index in [2.05, 4.69) is 15.9 Å². The quantitative estimate of drug-likeness (QED) is 0.709. The van der Waals surface area contributed by atoms with Gasteiger partial charge in [0, 0.05) is 15.4 Å². The Bertz CT molecular complexity index is 529. The van der Waals surface area contributed by atoms with E-state index < -0.39 is 18.4 Å². The summed E-state index contributed by atoms with van der Waals surface area (Å²) in [4.78, 5) is 0. The lowest BCUT2D eigenvalue weighted by Gasteiger charge is -2.04. The first kappa shape index (κ1) is 11.4. The summed E-state index contributed by atoms with van der Waals surface area (Å²) in [6.07, 6.45) is -4.55. The molecule has 1 nitrogen and oxygen atoms in total. The lowest BCUT2D eigenvalue weighted by molar-refractivity contribution is -0.127. The molecule has 86 valence electrons. The summed E-state index contributed by atoms with van der Waals surface area (Å²) in [6, 6.07) is 2.49. The first-order chi connectivity index (χ1) is 7.38. The van der Waals surface area contributed by atoms with Gasteiger partial charge < -0.3 is 4.42 Å². The Morgan fingerprint density at radius 3 is 2.56 bits per heavy atom. The van der Waals surface area contributed by atoms with Crippen molar-refractivity contribution in [2.24, 2.45) is 0 Å². The molecule has 0 spiro atoms. The molecule has 1 aromatic heterocycles. The van der Waals surface area contributed by atoms with Crippen molar-refractivity contribution in [1.29, 1.82) is 0 Å². The zero-order valence-corrected chi connectivity index (χ0v) is 9.32. The Balaban J connectivity index is 2.60. The van der Waals surface area contributed by atoms with Crippen molar-refractivity contribution in [1.82, 2.24) is 0 Å². The van der Waals surface area contributed by atoms with E-state index in [9.17, 15) is 17.6 Å². The third-order valence-corrected chi connectivity index (χ3v) is 2.75. The van der Waals surface area contributed by atoms with E-state index in [4.69, 9.17) is 4.42 Å². The zero-order chi connectivity index (χ0) is 11.9. The number of hydrogen-bond donors (Lipinski definition) is 0. The minimum absolute atomic E-state index is 0.0751. The average Bonchev–Trinajstić information content (AvgIpc) is 2.54. The largest absolute Gasteiger partial charge is 0.461 e. The number of rotatable bonds is 1. The third-order valence-electron chi connectivity index (χ3n) is 2.09. The molecule has 0 atom stereocenters. The van der Waals surface area contributed by atoms with Crippen LogP contribution in [0.25, 0.3) is 11.0 Å². The van der Waals surface area contributed by atoms with Crippen LogP contribution in [0, 0.1) is 5.82 Å². The van der Waals surface area contributed by atoms with Crippen molar-refractivity contribution in [3.63, 3.8) is 0 Å². The second kappa shape index (κ2) is 3.76. The fraction of sp³-hybridized carbons (Fsp3) is 0.200. The van der Waals surface area contributed by atoms with E-state index in [1.54, 1.807) is 0 Å². The van der Waals surface area contributed by atoms with E-state index in [0.717, 1.165) is 12.3 Å². The van der Waals surface area contributed by atoms with Gasteiger partial charge in [0.05, 0.1) is 12.7 Å². The van der Waals surface area contributed by atoms with Gasteiger partial charge in [-0.15, -0.1) is 0 Å². The SMILES string of the molecule is Fc1ccc(Br)c2c(CC(F)(F)F)coc12. The van der Waals surface area contributed by atoms with Crippen LogP contribution in [0.1, 0.15) is 5.56 Å². The molecule has 0 radical (unpaired) electrons. The Morgan fingerprint density at radius 2 is 1.94 bits per heavy atom. The summed E-state index contributed by atoms with van der Waals surface area (Å²) in [6.45, 7) is 0. The van der Waals surface area contributed by atoms with Crippen LogP contribution >= 0.6 is 15.9 Å². The van der Waals surface area contributed by atoms with Crippen molar-refractivity contribution >= 4 is 26.9 Å². The number of halogens is 5. The van der Waals surface area contributed by atoms with Gasteiger partial charge in [0.25, 0.3) is 0 Å². The Labute approximate surface area is 96.2 Å². The van der Waals surface area contributed by atoms with E-state index in [1.807, 2.05) is 0 Å². The van der Waals surface area contributed by atoms with E-state index in [-0.39, 0.29) is 16.5 Å². The molecule has 1 heterocycles. The first-order valence-corrected chi connectivity index (χ1v) is 5.08. The van der Waals surface area contributed by atoms with Gasteiger partial charge in [-0.2, -0.15) is 13.2 Å². The van der Waals surface area contributed by atoms with Crippen LogP contribution in [0.15, 0.2) is 27.3 Å². The Hall–Kier alpha value is -1.04. The van der Waals surface area contributed by atoms with Crippen LogP contribution in [0.2, 0.25) is 0 Å². The molecule has 0 aliphatic carbocycles. The summed E-state index contributed by atoms with van der Waals surface area (Å²) in [7, 11) is 0. The molecule has 6 heteroatoms. The molecule has 1 aromatic carbocycles. The van der Waals surface area contributed by atoms with Crippen molar-refractivity contribution in [2.75, 3.05) is 0 Å². The highest BCUT2D eigenvalue weighted by atomic mass is 79.9. The molecule has 0 amide bonds. The minimum Gasteiger partial charge on any atom is -0.461 e. The molecule has 2 aromatic rings. The smallest absolute Gasteiger partial charge is 0.393 e. The third kappa shape index (κ3) is 2.07. The maximum atomic E-state index is 13.2. The highest BCUT2D eigenvalue weighted by molar-refractivity contribution is 9.10. The average molecular weight is 297 g/mol. The van der Waals surface area contributed by atoms with E-state index in [1.165, 1.54) is 6.07 Å². The van der Waals surface area contributed by atoms with Gasteiger partial charge in [-0.3, -0.25) is 0 Å². The lowest BCUT2D eigenvalue weighted by Crippen LogP contribution is -2.11. The number of furan rings is 1. The molecule has 16 heavy (non-hydrogen) atoms. The van der Waals surface area contributed by atoms with Gasteiger partial charge in [0.1, 0.15) is 0 Å². The molecule has 0 bridgehead atoms. The Morgan fingerprint density at radius 1 is 1.25 bits per heavy atom. The van der Waals surface area contributed by atoms with Gasteiger partial charge in [-0.05, 0) is 12.1 Å². The van der Waals surface area contributed by atoms with Gasteiger partial charge >= 0.3 is 6.18 Å². The topological polar surface area (TPSA) is 13.1 Å². The highest BCUT2D eigenvalue weighted by Crippen LogP contribution is 2.34. The zero-order valence-electron chi connectivity index (χ0n) is 7.74. The molecule has 0 N–H and O–H groups in total. The van der Waals surface area contributed by atoms with Crippen LogP contribution in [0.5, 0.6) is 0 Å². The van der Waals surface area contributed by atoms with E-state index in [0.29, 0.717) is 4.47 Å². The summed E-state index contributed by atoms with van der Waals surface area (Å²) in [5.41, 5.74) is -0.234. The first-order valence-electron chi connectivity index (χ1n) is 4.29. The van der Waals surface area contributed by atoms with Crippen LogP contribution < -0.4 is 0 Å². The second-order valence-corrected chi connectivity index (χ2v) is 4.14. The maximum Gasteiger partial charge on any atom is 0.393 e. The van der Waals surface area contributed by atoms with Gasteiger partial charge in [-0.1, -0.05) is 15.9 Å². The minimum atomic E-state index is -4.34. The van der Waals surface area contributed by atoms with Crippen molar-refractivity contribution in [2.45, 2.75) is 12.6 Å². The monoisotopic (exact) mass is 296 g/mol. The number of hydrogen-bond acceptors (Lipinski definition) is 1. The maximum absolute atomic E-state index is 13.2. The number of alkyl halides is 3. The molecule has 0 saturated carbocycles. The van der Waals surface area contributed by atoms with Gasteiger partial charge in [0.15, 0.2) is 11.4 Å². The predicted octanol–water partition coefficient (Wildman–Crippen LogP) is 4.44. The molecule has 0 aliphatic heterocycles. The molecular weight excluding hydrogens is 292 g/mol. The molecule has 0 aliphatic rings. The van der Waals surface area contributed by atoms with Crippen LogP contribution in [0.3, 0.4) is 0 Å². The summed E-state index contributed by atoms with van der Waals surface area (Å²) < 4.78 is 55.1. The molecular formula is C10H5BrF4O. The fourth-order valence-corrected chi connectivity index (χ4v) is 2.05. The van der Waals surface area contributed by atoms with Crippen LogP contribution in [-0.4, -0.2) is 6.18 Å². The van der Waals surface area contributed by atoms with Gasteiger partial charge in [0.2, 0.25) is 0 Å². The standard InChI is InChI=1S/C10H5BrF4O/c11-6-1-2-7(12)9-8(6)5(4-16-9)3-10(13,14)15/h1-2,4H,3H2. The second-order valence-electron chi connectivity index (χ2n) is 3.29. The normalized spacial score (nSPS) is 12.3. The molecule has 0 unspecified atom stereocenters. The van der Waals surface area contributed by atoms with Gasteiger partial charge in [-0.25, -0.2) is 4.39 Å². The fourth-order valence-electron chi connectivity index (χ4n) is 1.48. The predicted molar refractivity (Wildman–Crippen MR) is 53.6 cm³/mol.